The molecular formula is C12H25ClN2O3. The monoisotopic (exact) mass is 280 g/mol. The molecule has 0 aromatic carbocycles. The smallest absolute Gasteiger partial charge is 0.239 e. The first-order valence-electron chi connectivity index (χ1n) is 6.27. The number of hydrogen-bond donors (Lipinski definition) is 3. The summed E-state index contributed by atoms with van der Waals surface area (Å²) in [6.07, 6.45) is 5.27. The van der Waals surface area contributed by atoms with Crippen LogP contribution in [-0.2, 0) is 9.53 Å². The van der Waals surface area contributed by atoms with E-state index in [2.05, 4.69) is 5.32 Å². The Morgan fingerprint density at radius 2 is 2.11 bits per heavy atom. The molecule has 0 aromatic rings. The van der Waals surface area contributed by atoms with Crippen molar-refractivity contribution in [2.75, 3.05) is 26.9 Å². The zero-order chi connectivity index (χ0) is 12.7. The molecule has 1 saturated carbocycles. The van der Waals surface area contributed by atoms with Crippen molar-refractivity contribution in [1.82, 2.24) is 5.32 Å². The van der Waals surface area contributed by atoms with Crippen LogP contribution in [0.25, 0.3) is 0 Å². The summed E-state index contributed by atoms with van der Waals surface area (Å²) in [4.78, 5) is 11.7. The lowest BCUT2D eigenvalue weighted by Crippen LogP contribution is -2.47. The van der Waals surface area contributed by atoms with Crippen LogP contribution in [0.15, 0.2) is 0 Å². The summed E-state index contributed by atoms with van der Waals surface area (Å²) in [6.45, 7) is 1.03. The highest BCUT2D eigenvalue weighted by atomic mass is 35.5. The van der Waals surface area contributed by atoms with Crippen molar-refractivity contribution >= 4 is 18.3 Å². The normalized spacial score (nSPS) is 19.1. The Hall–Kier alpha value is -0.360. The number of aliphatic hydroxyl groups is 1. The van der Waals surface area contributed by atoms with E-state index in [0.717, 1.165) is 19.3 Å². The van der Waals surface area contributed by atoms with E-state index in [-0.39, 0.29) is 36.9 Å². The van der Waals surface area contributed by atoms with Crippen molar-refractivity contribution < 1.29 is 14.6 Å². The van der Waals surface area contributed by atoms with Crippen LogP contribution in [0, 0.1) is 5.41 Å². The van der Waals surface area contributed by atoms with Gasteiger partial charge in [-0.15, -0.1) is 12.4 Å². The number of halogens is 1. The van der Waals surface area contributed by atoms with Crippen LogP contribution in [0.3, 0.4) is 0 Å². The molecule has 5 nitrogen and oxygen atoms in total. The Balaban J connectivity index is 0.00000289. The maximum absolute atomic E-state index is 11.7. The highest BCUT2D eigenvalue weighted by Gasteiger charge is 2.33. The number of amides is 1. The van der Waals surface area contributed by atoms with Crippen LogP contribution < -0.4 is 11.1 Å². The predicted molar refractivity (Wildman–Crippen MR) is 72.7 cm³/mol. The van der Waals surface area contributed by atoms with Gasteiger partial charge in [0.15, 0.2) is 0 Å². The molecule has 18 heavy (non-hydrogen) atoms. The zero-order valence-corrected chi connectivity index (χ0v) is 11.8. The molecule has 1 unspecified atom stereocenters. The van der Waals surface area contributed by atoms with Gasteiger partial charge in [0.2, 0.25) is 5.91 Å². The standard InChI is InChI=1S/C12H24N2O3.ClH/c1-17-8-10(13)11(16)14-9-12(6-7-15)4-2-3-5-12;/h10,15H,2-9,13H2,1H3,(H,14,16);1H. The zero-order valence-electron chi connectivity index (χ0n) is 11.0. The number of aliphatic hydroxyl groups excluding tert-OH is 1. The van der Waals surface area contributed by atoms with E-state index in [0.29, 0.717) is 6.54 Å². The second kappa shape index (κ2) is 8.69. The fourth-order valence-corrected chi connectivity index (χ4v) is 2.54. The average molecular weight is 281 g/mol. The minimum atomic E-state index is -0.604. The molecular weight excluding hydrogens is 256 g/mol. The summed E-state index contributed by atoms with van der Waals surface area (Å²) >= 11 is 0. The van der Waals surface area contributed by atoms with E-state index in [1.807, 2.05) is 0 Å². The Labute approximate surface area is 115 Å². The Kier molecular flexibility index (Phi) is 8.52. The van der Waals surface area contributed by atoms with Crippen LogP contribution in [0.1, 0.15) is 32.1 Å². The molecule has 6 heteroatoms. The molecule has 0 aliphatic heterocycles. The van der Waals surface area contributed by atoms with Gasteiger partial charge in [0.1, 0.15) is 6.04 Å². The fourth-order valence-electron chi connectivity index (χ4n) is 2.54. The summed E-state index contributed by atoms with van der Waals surface area (Å²) in [5, 5.41) is 12.0. The van der Waals surface area contributed by atoms with Gasteiger partial charge in [0, 0.05) is 20.3 Å². The average Bonchev–Trinajstić information content (AvgIpc) is 2.76. The molecule has 0 bridgehead atoms. The lowest BCUT2D eigenvalue weighted by molar-refractivity contribution is -0.124. The van der Waals surface area contributed by atoms with Crippen molar-refractivity contribution in [3.05, 3.63) is 0 Å². The summed E-state index contributed by atoms with van der Waals surface area (Å²) in [7, 11) is 1.53. The van der Waals surface area contributed by atoms with Crippen molar-refractivity contribution in [2.45, 2.75) is 38.1 Å². The van der Waals surface area contributed by atoms with E-state index in [4.69, 9.17) is 15.6 Å². The molecule has 0 saturated heterocycles. The molecule has 0 radical (unpaired) electrons. The van der Waals surface area contributed by atoms with Gasteiger partial charge in [-0.25, -0.2) is 0 Å². The highest BCUT2D eigenvalue weighted by molar-refractivity contribution is 5.85. The van der Waals surface area contributed by atoms with Crippen LogP contribution in [-0.4, -0.2) is 43.9 Å². The third-order valence-corrected chi connectivity index (χ3v) is 3.63. The van der Waals surface area contributed by atoms with Gasteiger partial charge in [0.25, 0.3) is 0 Å². The van der Waals surface area contributed by atoms with E-state index in [1.165, 1.54) is 20.0 Å². The molecule has 1 fully saturated rings. The van der Waals surface area contributed by atoms with Crippen molar-refractivity contribution in [2.24, 2.45) is 11.1 Å². The van der Waals surface area contributed by atoms with E-state index in [9.17, 15) is 4.79 Å². The second-order valence-corrected chi connectivity index (χ2v) is 4.96. The molecule has 1 rings (SSSR count). The van der Waals surface area contributed by atoms with Crippen LogP contribution in [0.4, 0.5) is 0 Å². The topological polar surface area (TPSA) is 84.6 Å². The number of ether oxygens (including phenoxy) is 1. The molecule has 0 aromatic heterocycles. The Bertz CT molecular complexity index is 245. The third-order valence-electron chi connectivity index (χ3n) is 3.63. The molecule has 1 atom stereocenters. The minimum absolute atomic E-state index is 0. The van der Waals surface area contributed by atoms with E-state index in [1.54, 1.807) is 0 Å². The van der Waals surface area contributed by atoms with E-state index >= 15 is 0 Å². The summed E-state index contributed by atoms with van der Waals surface area (Å²) in [6, 6.07) is -0.604. The maximum atomic E-state index is 11.7. The van der Waals surface area contributed by atoms with Crippen LogP contribution in [0.5, 0.6) is 0 Å². The van der Waals surface area contributed by atoms with Crippen molar-refractivity contribution in [3.8, 4) is 0 Å². The van der Waals surface area contributed by atoms with Gasteiger partial charge in [-0.05, 0) is 24.7 Å². The van der Waals surface area contributed by atoms with Gasteiger partial charge in [-0.3, -0.25) is 4.79 Å². The molecule has 1 amide bonds. The van der Waals surface area contributed by atoms with Crippen molar-refractivity contribution in [1.29, 1.82) is 0 Å². The number of carbonyl (C=O) groups is 1. The number of nitrogens with two attached hydrogens (primary N) is 1. The first-order valence-corrected chi connectivity index (χ1v) is 6.27. The fraction of sp³-hybridized carbons (Fsp3) is 0.917. The molecule has 0 spiro atoms. The van der Waals surface area contributed by atoms with Gasteiger partial charge in [-0.2, -0.15) is 0 Å². The Morgan fingerprint density at radius 1 is 1.50 bits per heavy atom. The van der Waals surface area contributed by atoms with Gasteiger partial charge >= 0.3 is 0 Å². The van der Waals surface area contributed by atoms with Crippen LogP contribution in [0.2, 0.25) is 0 Å². The van der Waals surface area contributed by atoms with Gasteiger partial charge < -0.3 is 20.9 Å². The number of rotatable bonds is 7. The molecule has 1 aliphatic carbocycles. The van der Waals surface area contributed by atoms with Gasteiger partial charge in [0.05, 0.1) is 6.61 Å². The molecule has 1 aliphatic rings. The first kappa shape index (κ1) is 17.6. The second-order valence-electron chi connectivity index (χ2n) is 4.96. The lowest BCUT2D eigenvalue weighted by Gasteiger charge is -2.29. The van der Waals surface area contributed by atoms with E-state index < -0.39 is 6.04 Å². The SMILES string of the molecule is COCC(N)C(=O)NCC1(CCO)CCCC1.Cl. The summed E-state index contributed by atoms with van der Waals surface area (Å²) < 4.78 is 4.84. The first-order chi connectivity index (χ1) is 8.13. The van der Waals surface area contributed by atoms with Gasteiger partial charge in [-0.1, -0.05) is 12.8 Å². The predicted octanol–water partition coefficient (Wildman–Crippen LogP) is 0.441. The number of carbonyl (C=O) groups excluding carboxylic acids is 1. The number of methoxy groups -OCH3 is 1. The lowest BCUT2D eigenvalue weighted by atomic mass is 9.83. The molecule has 4 N–H and O–H groups in total. The van der Waals surface area contributed by atoms with Crippen LogP contribution >= 0.6 is 12.4 Å². The molecule has 0 heterocycles. The highest BCUT2D eigenvalue weighted by Crippen LogP contribution is 2.40. The number of hydrogen-bond acceptors (Lipinski definition) is 4. The third kappa shape index (κ3) is 5.10. The molecule has 108 valence electrons. The number of nitrogens with one attached hydrogen (secondary N) is 1. The summed E-state index contributed by atoms with van der Waals surface area (Å²) in [5.41, 5.74) is 5.72. The summed E-state index contributed by atoms with van der Waals surface area (Å²) in [5.74, 6) is -0.170. The largest absolute Gasteiger partial charge is 0.396 e. The quantitative estimate of drug-likeness (QED) is 0.632. The minimum Gasteiger partial charge on any atom is -0.396 e. The van der Waals surface area contributed by atoms with Crippen molar-refractivity contribution in [3.63, 3.8) is 0 Å². The maximum Gasteiger partial charge on any atom is 0.239 e. The Morgan fingerprint density at radius 3 is 2.61 bits per heavy atom.